The van der Waals surface area contributed by atoms with Crippen molar-refractivity contribution in [3.8, 4) is 0 Å². The van der Waals surface area contributed by atoms with Crippen LogP contribution >= 0.6 is 23.2 Å². The molecule has 0 aliphatic rings. The number of amidine groups is 1. The van der Waals surface area contributed by atoms with Crippen LogP contribution in [0.3, 0.4) is 0 Å². The SMILES string of the molecule is CN(C)C(=N)c1ccc(C(=O)Nc2cc(Cl)ccc2C(=O)Nc2ccc(Cl)cn2)cc1. The van der Waals surface area contributed by atoms with Gasteiger partial charge in [0.05, 0.1) is 16.3 Å². The van der Waals surface area contributed by atoms with Gasteiger partial charge in [0.2, 0.25) is 0 Å². The molecule has 7 nitrogen and oxygen atoms in total. The number of hydrogen-bond donors (Lipinski definition) is 3. The van der Waals surface area contributed by atoms with Crippen LogP contribution in [0.25, 0.3) is 0 Å². The topological polar surface area (TPSA) is 98.2 Å². The molecule has 0 saturated heterocycles. The van der Waals surface area contributed by atoms with Gasteiger partial charge in [-0.05, 0) is 42.5 Å². The largest absolute Gasteiger partial charge is 0.363 e. The van der Waals surface area contributed by atoms with Gasteiger partial charge in [0.15, 0.2) is 0 Å². The first-order valence-corrected chi connectivity index (χ1v) is 9.90. The quantitative estimate of drug-likeness (QED) is 0.380. The third kappa shape index (κ3) is 5.59. The Morgan fingerprint density at radius 3 is 2.13 bits per heavy atom. The van der Waals surface area contributed by atoms with Gasteiger partial charge in [-0.25, -0.2) is 4.98 Å². The van der Waals surface area contributed by atoms with Crippen molar-refractivity contribution in [3.63, 3.8) is 0 Å². The Balaban J connectivity index is 1.80. The number of halogens is 2. The minimum absolute atomic E-state index is 0.223. The van der Waals surface area contributed by atoms with Crippen LogP contribution in [0.15, 0.2) is 60.8 Å². The van der Waals surface area contributed by atoms with Gasteiger partial charge in [0.25, 0.3) is 11.8 Å². The molecule has 2 aromatic carbocycles. The van der Waals surface area contributed by atoms with Gasteiger partial charge in [-0.2, -0.15) is 0 Å². The molecule has 0 radical (unpaired) electrons. The zero-order chi connectivity index (χ0) is 22.5. The summed E-state index contributed by atoms with van der Waals surface area (Å²) in [4.78, 5) is 31.2. The predicted molar refractivity (Wildman–Crippen MR) is 124 cm³/mol. The fraction of sp³-hybridized carbons (Fsp3) is 0.0909. The van der Waals surface area contributed by atoms with Crippen molar-refractivity contribution in [1.82, 2.24) is 9.88 Å². The van der Waals surface area contributed by atoms with Crippen LogP contribution in [0.1, 0.15) is 26.3 Å². The summed E-state index contributed by atoms with van der Waals surface area (Å²) >= 11 is 11.9. The lowest BCUT2D eigenvalue weighted by atomic mass is 10.1. The van der Waals surface area contributed by atoms with Crippen molar-refractivity contribution in [2.75, 3.05) is 24.7 Å². The Labute approximate surface area is 189 Å². The van der Waals surface area contributed by atoms with Gasteiger partial charge in [-0.1, -0.05) is 35.3 Å². The Morgan fingerprint density at radius 1 is 0.871 bits per heavy atom. The smallest absolute Gasteiger partial charge is 0.258 e. The average molecular weight is 456 g/mol. The van der Waals surface area contributed by atoms with Crippen LogP contribution in [0.2, 0.25) is 10.0 Å². The summed E-state index contributed by atoms with van der Waals surface area (Å²) in [6.07, 6.45) is 1.42. The van der Waals surface area contributed by atoms with E-state index in [1.165, 1.54) is 18.3 Å². The summed E-state index contributed by atoms with van der Waals surface area (Å²) in [5, 5.41) is 14.2. The maximum Gasteiger partial charge on any atom is 0.258 e. The molecule has 0 saturated carbocycles. The summed E-state index contributed by atoms with van der Waals surface area (Å²) in [6.45, 7) is 0. The Kier molecular flexibility index (Phi) is 6.89. The lowest BCUT2D eigenvalue weighted by Crippen LogP contribution is -2.22. The van der Waals surface area contributed by atoms with Crippen molar-refractivity contribution in [2.45, 2.75) is 0 Å². The highest BCUT2D eigenvalue weighted by Crippen LogP contribution is 2.23. The predicted octanol–water partition coefficient (Wildman–Crippen LogP) is 4.78. The molecule has 0 aliphatic carbocycles. The monoisotopic (exact) mass is 455 g/mol. The molecule has 2 amide bonds. The molecule has 3 aromatic rings. The van der Waals surface area contributed by atoms with Gasteiger partial charge >= 0.3 is 0 Å². The molecular weight excluding hydrogens is 437 g/mol. The first-order valence-electron chi connectivity index (χ1n) is 9.14. The minimum atomic E-state index is -0.462. The number of amides is 2. The van der Waals surface area contributed by atoms with E-state index in [0.29, 0.717) is 32.8 Å². The molecule has 31 heavy (non-hydrogen) atoms. The van der Waals surface area contributed by atoms with E-state index in [1.54, 1.807) is 61.5 Å². The summed E-state index contributed by atoms with van der Waals surface area (Å²) in [5.41, 5.74) is 1.54. The Hall–Kier alpha value is -3.42. The summed E-state index contributed by atoms with van der Waals surface area (Å²) in [6, 6.07) is 14.4. The van der Waals surface area contributed by atoms with E-state index in [0.717, 1.165) is 0 Å². The van der Waals surface area contributed by atoms with Crippen molar-refractivity contribution >= 4 is 52.4 Å². The van der Waals surface area contributed by atoms with Crippen molar-refractivity contribution in [3.05, 3.63) is 87.5 Å². The number of carbonyl (C=O) groups is 2. The van der Waals surface area contributed by atoms with Crippen molar-refractivity contribution in [2.24, 2.45) is 0 Å². The molecule has 1 aromatic heterocycles. The van der Waals surface area contributed by atoms with Gasteiger partial charge < -0.3 is 15.5 Å². The number of pyridine rings is 1. The third-order valence-electron chi connectivity index (χ3n) is 4.31. The van der Waals surface area contributed by atoms with E-state index >= 15 is 0 Å². The van der Waals surface area contributed by atoms with E-state index in [2.05, 4.69) is 15.6 Å². The fourth-order valence-corrected chi connectivity index (χ4v) is 2.97. The number of aromatic nitrogens is 1. The van der Waals surface area contributed by atoms with Crippen LogP contribution in [0, 0.1) is 5.41 Å². The van der Waals surface area contributed by atoms with Crippen LogP contribution in [-0.4, -0.2) is 41.6 Å². The van der Waals surface area contributed by atoms with Crippen molar-refractivity contribution in [1.29, 1.82) is 5.41 Å². The number of nitrogens with one attached hydrogen (secondary N) is 3. The van der Waals surface area contributed by atoms with Gasteiger partial charge in [-0.15, -0.1) is 0 Å². The molecule has 0 atom stereocenters. The normalized spacial score (nSPS) is 10.3. The number of anilines is 2. The average Bonchev–Trinajstić information content (AvgIpc) is 2.75. The fourth-order valence-electron chi connectivity index (χ4n) is 2.68. The molecular formula is C22H19Cl2N5O2. The minimum Gasteiger partial charge on any atom is -0.363 e. The second kappa shape index (κ2) is 9.59. The molecule has 9 heteroatoms. The highest BCUT2D eigenvalue weighted by atomic mass is 35.5. The maximum absolute atomic E-state index is 12.7. The molecule has 0 fully saturated rings. The molecule has 0 spiro atoms. The standard InChI is InChI=1S/C22H19Cl2N5O2/c1-29(2)20(25)13-3-5-14(6-4-13)21(30)27-18-11-15(23)7-9-17(18)22(31)28-19-10-8-16(24)12-26-19/h3-12,25H,1-2H3,(H,27,30)(H,26,28,31). The van der Waals surface area contributed by atoms with Crippen molar-refractivity contribution < 1.29 is 9.59 Å². The van der Waals surface area contributed by atoms with E-state index in [4.69, 9.17) is 28.6 Å². The molecule has 158 valence electrons. The van der Waals surface area contributed by atoms with E-state index in [9.17, 15) is 9.59 Å². The number of carbonyl (C=O) groups excluding carboxylic acids is 2. The summed E-state index contributed by atoms with van der Waals surface area (Å²) in [7, 11) is 3.54. The molecule has 3 rings (SSSR count). The summed E-state index contributed by atoms with van der Waals surface area (Å²) in [5.74, 6) is -0.224. The number of rotatable bonds is 5. The number of nitrogens with zero attached hydrogens (tertiary/aromatic N) is 2. The highest BCUT2D eigenvalue weighted by Gasteiger charge is 2.16. The van der Waals surface area contributed by atoms with E-state index in [-0.39, 0.29) is 11.3 Å². The second-order valence-corrected chi connectivity index (χ2v) is 7.65. The second-order valence-electron chi connectivity index (χ2n) is 6.78. The first-order chi connectivity index (χ1) is 14.7. The van der Waals surface area contributed by atoms with Crippen LogP contribution in [0.4, 0.5) is 11.5 Å². The Morgan fingerprint density at radius 2 is 1.52 bits per heavy atom. The maximum atomic E-state index is 12.7. The molecule has 3 N–H and O–H groups in total. The first kappa shape index (κ1) is 22.3. The molecule has 1 heterocycles. The zero-order valence-electron chi connectivity index (χ0n) is 16.7. The lowest BCUT2D eigenvalue weighted by molar-refractivity contribution is 0.102. The van der Waals surface area contributed by atoms with E-state index < -0.39 is 11.8 Å². The van der Waals surface area contributed by atoms with E-state index in [1.807, 2.05) is 0 Å². The zero-order valence-corrected chi connectivity index (χ0v) is 18.3. The molecule has 0 unspecified atom stereocenters. The lowest BCUT2D eigenvalue weighted by Gasteiger charge is -2.14. The van der Waals surface area contributed by atoms with Gasteiger partial charge in [0, 0.05) is 36.4 Å². The van der Waals surface area contributed by atoms with Gasteiger partial charge in [-0.3, -0.25) is 15.0 Å². The van der Waals surface area contributed by atoms with Crippen LogP contribution < -0.4 is 10.6 Å². The Bertz CT molecular complexity index is 1130. The number of hydrogen-bond acceptors (Lipinski definition) is 4. The van der Waals surface area contributed by atoms with Crippen LogP contribution in [-0.2, 0) is 0 Å². The van der Waals surface area contributed by atoms with Crippen LogP contribution in [0.5, 0.6) is 0 Å². The number of benzene rings is 2. The summed E-state index contributed by atoms with van der Waals surface area (Å²) < 4.78 is 0. The molecule has 0 aliphatic heterocycles. The van der Waals surface area contributed by atoms with Gasteiger partial charge in [0.1, 0.15) is 11.7 Å². The third-order valence-corrected chi connectivity index (χ3v) is 4.77. The highest BCUT2D eigenvalue weighted by molar-refractivity contribution is 6.31. The molecule has 0 bridgehead atoms.